The molecule has 1 fully saturated rings. The van der Waals surface area contributed by atoms with E-state index in [1.807, 2.05) is 18.0 Å². The predicted octanol–water partition coefficient (Wildman–Crippen LogP) is 1.52. The van der Waals surface area contributed by atoms with Crippen molar-refractivity contribution >= 4 is 5.97 Å². The average Bonchev–Trinajstić information content (AvgIpc) is 2.75. The molecule has 0 aliphatic heterocycles. The minimum absolute atomic E-state index is 0.0606. The van der Waals surface area contributed by atoms with E-state index in [1.165, 1.54) is 6.07 Å². The first-order valence-electron chi connectivity index (χ1n) is 6.59. The van der Waals surface area contributed by atoms with Crippen molar-refractivity contribution in [1.82, 2.24) is 9.88 Å². The van der Waals surface area contributed by atoms with Crippen LogP contribution < -0.4 is 0 Å². The van der Waals surface area contributed by atoms with E-state index >= 15 is 0 Å². The fourth-order valence-corrected chi connectivity index (χ4v) is 2.71. The third-order valence-corrected chi connectivity index (χ3v) is 3.56. The van der Waals surface area contributed by atoms with Gasteiger partial charge in [-0.3, -0.25) is 4.90 Å². The van der Waals surface area contributed by atoms with Gasteiger partial charge >= 0.3 is 5.97 Å². The van der Waals surface area contributed by atoms with Crippen molar-refractivity contribution < 1.29 is 15.0 Å². The summed E-state index contributed by atoms with van der Waals surface area (Å²) in [7, 11) is 1.92. The van der Waals surface area contributed by atoms with Gasteiger partial charge in [-0.15, -0.1) is 0 Å². The van der Waals surface area contributed by atoms with E-state index in [9.17, 15) is 9.90 Å². The van der Waals surface area contributed by atoms with Crippen LogP contribution in [0.1, 0.15) is 41.9 Å². The van der Waals surface area contributed by atoms with Crippen LogP contribution in [0.3, 0.4) is 0 Å². The maximum absolute atomic E-state index is 10.9. The van der Waals surface area contributed by atoms with Crippen LogP contribution in [0.15, 0.2) is 18.2 Å². The van der Waals surface area contributed by atoms with Crippen LogP contribution in [-0.4, -0.2) is 45.3 Å². The highest BCUT2D eigenvalue weighted by Crippen LogP contribution is 2.30. The van der Waals surface area contributed by atoms with Gasteiger partial charge in [-0.05, 0) is 32.0 Å². The highest BCUT2D eigenvalue weighted by atomic mass is 16.4. The second-order valence-corrected chi connectivity index (χ2v) is 5.42. The number of hydrogen-bond donors (Lipinski definition) is 2. The van der Waals surface area contributed by atoms with Crippen LogP contribution >= 0.6 is 0 Å². The lowest BCUT2D eigenvalue weighted by molar-refractivity contribution is 0.0142. The largest absolute Gasteiger partial charge is 0.477 e. The van der Waals surface area contributed by atoms with Gasteiger partial charge < -0.3 is 10.2 Å². The molecule has 2 N–H and O–H groups in total. The maximum Gasteiger partial charge on any atom is 0.354 e. The molecule has 0 aromatic carbocycles. The molecule has 5 nitrogen and oxygen atoms in total. The monoisotopic (exact) mass is 264 g/mol. The minimum Gasteiger partial charge on any atom is -0.477 e. The smallest absolute Gasteiger partial charge is 0.354 e. The predicted molar refractivity (Wildman–Crippen MR) is 70.9 cm³/mol. The molecule has 1 aromatic heterocycles. The van der Waals surface area contributed by atoms with Crippen molar-refractivity contribution in [3.05, 3.63) is 29.6 Å². The molecule has 1 aliphatic rings. The lowest BCUT2D eigenvalue weighted by atomic mass is 10.0. The van der Waals surface area contributed by atoms with E-state index in [0.717, 1.165) is 25.7 Å². The molecule has 1 saturated carbocycles. The Labute approximate surface area is 112 Å². The second kappa shape index (κ2) is 5.67. The van der Waals surface area contributed by atoms with Crippen LogP contribution in [0.25, 0.3) is 0 Å². The van der Waals surface area contributed by atoms with E-state index in [-0.39, 0.29) is 5.69 Å². The summed E-state index contributed by atoms with van der Waals surface area (Å²) in [5.74, 6) is -1.01. The fourth-order valence-electron chi connectivity index (χ4n) is 2.71. The number of carboxylic acid groups (broad SMARTS) is 1. The van der Waals surface area contributed by atoms with Crippen LogP contribution in [0, 0.1) is 0 Å². The Morgan fingerprint density at radius 3 is 2.74 bits per heavy atom. The molecule has 0 radical (unpaired) electrons. The molecule has 0 saturated heterocycles. The molecule has 104 valence electrons. The van der Waals surface area contributed by atoms with Gasteiger partial charge in [0.25, 0.3) is 0 Å². The molecule has 0 atom stereocenters. The van der Waals surface area contributed by atoms with Gasteiger partial charge in [-0.25, -0.2) is 9.78 Å². The molecule has 1 aliphatic carbocycles. The number of likely N-dealkylation sites (N-methyl/N-ethyl adjacent to an activating group) is 1. The molecule has 1 aromatic rings. The van der Waals surface area contributed by atoms with Crippen LogP contribution in [0.5, 0.6) is 0 Å². The number of aromatic nitrogens is 1. The van der Waals surface area contributed by atoms with Gasteiger partial charge in [0.15, 0.2) is 0 Å². The normalized spacial score (nSPS) is 17.8. The van der Waals surface area contributed by atoms with Crippen LogP contribution in [0.4, 0.5) is 0 Å². The lowest BCUT2D eigenvalue weighted by Crippen LogP contribution is -2.38. The molecular weight excluding hydrogens is 244 g/mol. The summed E-state index contributed by atoms with van der Waals surface area (Å²) >= 11 is 0. The van der Waals surface area contributed by atoms with Crippen LogP contribution in [-0.2, 0) is 6.54 Å². The molecule has 0 amide bonds. The highest BCUT2D eigenvalue weighted by Gasteiger charge is 2.32. The molecular formula is C14H20N2O3. The SMILES string of the molecule is CN(Cc1cccc(C(=O)O)n1)CC1(O)CCCC1. The van der Waals surface area contributed by atoms with E-state index < -0.39 is 11.6 Å². The van der Waals surface area contributed by atoms with Crippen molar-refractivity contribution in [2.24, 2.45) is 0 Å². The van der Waals surface area contributed by atoms with Gasteiger partial charge in [0.2, 0.25) is 0 Å². The number of carbonyl (C=O) groups is 1. The quantitative estimate of drug-likeness (QED) is 0.843. The van der Waals surface area contributed by atoms with Crippen molar-refractivity contribution in [3.63, 3.8) is 0 Å². The molecule has 2 rings (SSSR count). The average molecular weight is 264 g/mol. The standard InChI is InChI=1S/C14H20N2O3/c1-16(10-14(19)7-2-3-8-14)9-11-5-4-6-12(15-11)13(17)18/h4-6,19H,2-3,7-10H2,1H3,(H,17,18). The number of carboxylic acids is 1. The molecule has 0 spiro atoms. The van der Waals surface area contributed by atoms with E-state index in [2.05, 4.69) is 4.98 Å². The number of nitrogens with zero attached hydrogens (tertiary/aromatic N) is 2. The van der Waals surface area contributed by atoms with Gasteiger partial charge in [-0.2, -0.15) is 0 Å². The fraction of sp³-hybridized carbons (Fsp3) is 0.571. The third-order valence-electron chi connectivity index (χ3n) is 3.56. The number of aliphatic hydroxyl groups is 1. The zero-order chi connectivity index (χ0) is 13.9. The van der Waals surface area contributed by atoms with Gasteiger partial charge in [-0.1, -0.05) is 18.9 Å². The Kier molecular flexibility index (Phi) is 4.17. The summed E-state index contributed by atoms with van der Waals surface area (Å²) in [6, 6.07) is 4.99. The number of hydrogen-bond acceptors (Lipinski definition) is 4. The zero-order valence-electron chi connectivity index (χ0n) is 11.2. The Bertz CT molecular complexity index is 456. The Hall–Kier alpha value is -1.46. The van der Waals surface area contributed by atoms with Gasteiger partial charge in [0, 0.05) is 13.1 Å². The number of aromatic carboxylic acids is 1. The Morgan fingerprint density at radius 1 is 1.42 bits per heavy atom. The third kappa shape index (κ3) is 3.75. The summed E-state index contributed by atoms with van der Waals surface area (Å²) in [4.78, 5) is 16.9. The topological polar surface area (TPSA) is 73.7 Å². The van der Waals surface area contributed by atoms with Crippen molar-refractivity contribution in [3.8, 4) is 0 Å². The Morgan fingerprint density at radius 2 is 2.11 bits per heavy atom. The summed E-state index contributed by atoms with van der Waals surface area (Å²) < 4.78 is 0. The van der Waals surface area contributed by atoms with Gasteiger partial charge in [0.1, 0.15) is 5.69 Å². The summed E-state index contributed by atoms with van der Waals surface area (Å²) in [6.07, 6.45) is 3.86. The van der Waals surface area contributed by atoms with E-state index in [4.69, 9.17) is 5.11 Å². The highest BCUT2D eigenvalue weighted by molar-refractivity contribution is 5.85. The van der Waals surface area contributed by atoms with Crippen molar-refractivity contribution in [2.45, 2.75) is 37.8 Å². The van der Waals surface area contributed by atoms with Gasteiger partial charge in [0.05, 0.1) is 11.3 Å². The first-order chi connectivity index (χ1) is 8.98. The molecule has 0 unspecified atom stereocenters. The van der Waals surface area contributed by atoms with E-state index in [0.29, 0.717) is 18.8 Å². The lowest BCUT2D eigenvalue weighted by Gasteiger charge is -2.28. The Balaban J connectivity index is 1.96. The number of pyridine rings is 1. The van der Waals surface area contributed by atoms with Crippen molar-refractivity contribution in [1.29, 1.82) is 0 Å². The molecule has 0 bridgehead atoms. The second-order valence-electron chi connectivity index (χ2n) is 5.42. The maximum atomic E-state index is 10.9. The molecule has 1 heterocycles. The van der Waals surface area contributed by atoms with E-state index in [1.54, 1.807) is 6.07 Å². The summed E-state index contributed by atoms with van der Waals surface area (Å²) in [6.45, 7) is 1.15. The number of rotatable bonds is 5. The summed E-state index contributed by atoms with van der Waals surface area (Å²) in [5, 5.41) is 19.2. The first-order valence-corrected chi connectivity index (χ1v) is 6.59. The van der Waals surface area contributed by atoms with Crippen LogP contribution in [0.2, 0.25) is 0 Å². The first kappa shape index (κ1) is 14.0. The summed E-state index contributed by atoms with van der Waals surface area (Å²) in [5.41, 5.74) is 0.188. The molecule has 5 heteroatoms. The minimum atomic E-state index is -1.01. The molecule has 19 heavy (non-hydrogen) atoms. The van der Waals surface area contributed by atoms with Crippen molar-refractivity contribution in [2.75, 3.05) is 13.6 Å². The zero-order valence-corrected chi connectivity index (χ0v) is 11.2.